The molecule has 132 valence electrons. The molecule has 1 aromatic rings. The predicted molar refractivity (Wildman–Crippen MR) is 93.3 cm³/mol. The zero-order valence-electron chi connectivity index (χ0n) is 14.3. The number of nitrogens with one attached hydrogen (secondary N) is 1. The van der Waals surface area contributed by atoms with Gasteiger partial charge in [-0.2, -0.15) is 0 Å². The Morgan fingerprint density at radius 1 is 1.04 bits per heavy atom. The maximum atomic E-state index is 13.7. The average molecular weight is 333 g/mol. The summed E-state index contributed by atoms with van der Waals surface area (Å²) in [6.45, 7) is 3.64. The molecule has 0 bridgehead atoms. The fourth-order valence-corrected chi connectivity index (χ4v) is 3.67. The van der Waals surface area contributed by atoms with Crippen LogP contribution in [0.5, 0.6) is 0 Å². The average Bonchev–Trinajstić information content (AvgIpc) is 2.86. The molecule has 1 saturated carbocycles. The molecule has 0 radical (unpaired) electrons. The van der Waals surface area contributed by atoms with Gasteiger partial charge in [0.25, 0.3) is 0 Å². The monoisotopic (exact) mass is 333 g/mol. The first kappa shape index (κ1) is 17.2. The van der Waals surface area contributed by atoms with Crippen LogP contribution in [0.15, 0.2) is 24.3 Å². The fraction of sp³-hybridized carbons (Fsp3) is 0.632. The van der Waals surface area contributed by atoms with Gasteiger partial charge < -0.3 is 10.2 Å². The molecule has 2 aliphatic rings. The van der Waals surface area contributed by atoms with E-state index < -0.39 is 0 Å². The molecule has 1 aliphatic carbocycles. The Morgan fingerprint density at radius 3 is 2.38 bits per heavy atom. The molecule has 4 nitrogen and oxygen atoms in total. The second-order valence-electron chi connectivity index (χ2n) is 6.99. The molecule has 0 unspecified atom stereocenters. The van der Waals surface area contributed by atoms with Crippen molar-refractivity contribution >= 4 is 6.03 Å². The van der Waals surface area contributed by atoms with Gasteiger partial charge in [0, 0.05) is 44.3 Å². The first-order chi connectivity index (χ1) is 11.7. The Hall–Kier alpha value is -1.62. The van der Waals surface area contributed by atoms with Crippen molar-refractivity contribution in [3.8, 4) is 0 Å². The van der Waals surface area contributed by atoms with Gasteiger partial charge in [-0.25, -0.2) is 9.18 Å². The van der Waals surface area contributed by atoms with Gasteiger partial charge in [-0.1, -0.05) is 43.9 Å². The Morgan fingerprint density at radius 2 is 1.71 bits per heavy atom. The van der Waals surface area contributed by atoms with Gasteiger partial charge >= 0.3 is 6.03 Å². The highest BCUT2D eigenvalue weighted by atomic mass is 19.1. The smallest absolute Gasteiger partial charge is 0.317 e. The van der Waals surface area contributed by atoms with E-state index in [2.05, 4.69) is 10.2 Å². The Kier molecular flexibility index (Phi) is 6.07. The third kappa shape index (κ3) is 4.69. The van der Waals surface area contributed by atoms with Crippen LogP contribution >= 0.6 is 0 Å². The van der Waals surface area contributed by atoms with Gasteiger partial charge in [0.05, 0.1) is 0 Å². The zero-order valence-corrected chi connectivity index (χ0v) is 14.3. The van der Waals surface area contributed by atoms with Crippen LogP contribution in [-0.2, 0) is 6.54 Å². The molecule has 1 N–H and O–H groups in total. The van der Waals surface area contributed by atoms with Gasteiger partial charge in [0.2, 0.25) is 0 Å². The molecular formula is C19H28FN3O. The molecule has 1 heterocycles. The first-order valence-corrected chi connectivity index (χ1v) is 9.23. The Labute approximate surface area is 144 Å². The van der Waals surface area contributed by atoms with Gasteiger partial charge in [-0.05, 0) is 18.9 Å². The third-order valence-electron chi connectivity index (χ3n) is 5.19. The van der Waals surface area contributed by atoms with Crippen LogP contribution in [0.2, 0.25) is 0 Å². The number of carbonyl (C=O) groups excluding carboxylic acids is 1. The number of urea groups is 1. The van der Waals surface area contributed by atoms with Crippen LogP contribution < -0.4 is 5.32 Å². The van der Waals surface area contributed by atoms with Crippen molar-refractivity contribution < 1.29 is 9.18 Å². The number of piperazine rings is 1. The number of carbonyl (C=O) groups is 1. The summed E-state index contributed by atoms with van der Waals surface area (Å²) in [7, 11) is 0. The number of hydrogen-bond donors (Lipinski definition) is 1. The van der Waals surface area contributed by atoms with Crippen LogP contribution in [0.3, 0.4) is 0 Å². The zero-order chi connectivity index (χ0) is 16.8. The predicted octanol–water partition coefficient (Wildman–Crippen LogP) is 3.38. The van der Waals surface area contributed by atoms with E-state index in [0.717, 1.165) is 31.5 Å². The fourth-order valence-electron chi connectivity index (χ4n) is 3.67. The molecule has 5 heteroatoms. The summed E-state index contributed by atoms with van der Waals surface area (Å²) in [4.78, 5) is 16.6. The largest absolute Gasteiger partial charge is 0.335 e. The van der Waals surface area contributed by atoms with Crippen molar-refractivity contribution in [2.45, 2.75) is 51.1 Å². The van der Waals surface area contributed by atoms with Crippen molar-refractivity contribution in [3.63, 3.8) is 0 Å². The van der Waals surface area contributed by atoms with Gasteiger partial charge in [-0.3, -0.25) is 4.90 Å². The minimum Gasteiger partial charge on any atom is -0.335 e. The summed E-state index contributed by atoms with van der Waals surface area (Å²) in [6.07, 6.45) is 7.25. The van der Waals surface area contributed by atoms with E-state index in [0.29, 0.717) is 25.7 Å². The lowest BCUT2D eigenvalue weighted by Crippen LogP contribution is -2.53. The number of benzene rings is 1. The molecule has 2 amide bonds. The molecular weight excluding hydrogens is 305 g/mol. The maximum Gasteiger partial charge on any atom is 0.317 e. The number of rotatable bonds is 3. The van der Waals surface area contributed by atoms with E-state index >= 15 is 0 Å². The maximum absolute atomic E-state index is 13.7. The minimum atomic E-state index is -0.147. The summed E-state index contributed by atoms with van der Waals surface area (Å²) >= 11 is 0. The topological polar surface area (TPSA) is 35.6 Å². The van der Waals surface area contributed by atoms with Crippen LogP contribution in [0.4, 0.5) is 9.18 Å². The molecule has 2 fully saturated rings. The molecule has 0 atom stereocenters. The van der Waals surface area contributed by atoms with E-state index in [1.165, 1.54) is 31.7 Å². The second kappa shape index (κ2) is 8.47. The van der Waals surface area contributed by atoms with Gasteiger partial charge in [0.1, 0.15) is 5.82 Å². The highest BCUT2D eigenvalue weighted by molar-refractivity contribution is 5.74. The number of hydrogen-bond acceptors (Lipinski definition) is 2. The SMILES string of the molecule is O=C(NC1CCCCCC1)N1CCN(Cc2ccccc2F)CC1. The highest BCUT2D eigenvalue weighted by Crippen LogP contribution is 2.18. The van der Waals surface area contributed by atoms with E-state index in [-0.39, 0.29) is 11.8 Å². The molecule has 24 heavy (non-hydrogen) atoms. The van der Waals surface area contributed by atoms with Gasteiger partial charge in [-0.15, -0.1) is 0 Å². The lowest BCUT2D eigenvalue weighted by Gasteiger charge is -2.35. The van der Waals surface area contributed by atoms with Crippen molar-refractivity contribution in [1.29, 1.82) is 0 Å². The summed E-state index contributed by atoms with van der Waals surface area (Å²) in [6, 6.07) is 7.35. The van der Waals surface area contributed by atoms with Crippen molar-refractivity contribution in [2.75, 3.05) is 26.2 Å². The summed E-state index contributed by atoms with van der Waals surface area (Å²) in [5, 5.41) is 3.21. The standard InChI is InChI=1S/C19H28FN3O/c20-18-10-6-5-7-16(18)15-22-11-13-23(14-12-22)19(24)21-17-8-3-1-2-4-9-17/h5-7,10,17H,1-4,8-9,11-15H2,(H,21,24). The highest BCUT2D eigenvalue weighted by Gasteiger charge is 2.23. The van der Waals surface area contributed by atoms with Crippen LogP contribution in [0.25, 0.3) is 0 Å². The first-order valence-electron chi connectivity index (χ1n) is 9.23. The quantitative estimate of drug-likeness (QED) is 0.861. The molecule has 1 saturated heterocycles. The Bertz CT molecular complexity index is 535. The van der Waals surface area contributed by atoms with E-state index in [9.17, 15) is 9.18 Å². The normalized spacial score (nSPS) is 20.6. The van der Waals surface area contributed by atoms with Crippen LogP contribution in [-0.4, -0.2) is 48.1 Å². The summed E-state index contributed by atoms with van der Waals surface area (Å²) in [5.41, 5.74) is 0.730. The van der Waals surface area contributed by atoms with Crippen molar-refractivity contribution in [3.05, 3.63) is 35.6 Å². The molecule has 1 aromatic carbocycles. The molecule has 0 aromatic heterocycles. The number of nitrogens with zero attached hydrogens (tertiary/aromatic N) is 2. The van der Waals surface area contributed by atoms with Gasteiger partial charge in [0.15, 0.2) is 0 Å². The van der Waals surface area contributed by atoms with E-state index in [1.54, 1.807) is 6.07 Å². The second-order valence-corrected chi connectivity index (χ2v) is 6.99. The van der Waals surface area contributed by atoms with Crippen LogP contribution in [0, 0.1) is 5.82 Å². The van der Waals surface area contributed by atoms with Crippen LogP contribution in [0.1, 0.15) is 44.1 Å². The minimum absolute atomic E-state index is 0.0763. The van der Waals surface area contributed by atoms with Crippen molar-refractivity contribution in [2.24, 2.45) is 0 Å². The lowest BCUT2D eigenvalue weighted by atomic mass is 10.1. The molecule has 3 rings (SSSR count). The Balaban J connectivity index is 1.44. The summed E-state index contributed by atoms with van der Waals surface area (Å²) < 4.78 is 13.7. The number of halogens is 1. The van der Waals surface area contributed by atoms with Crippen molar-refractivity contribution in [1.82, 2.24) is 15.1 Å². The lowest BCUT2D eigenvalue weighted by molar-refractivity contribution is 0.132. The number of amides is 2. The molecule has 1 aliphatic heterocycles. The third-order valence-corrected chi connectivity index (χ3v) is 5.19. The summed E-state index contributed by atoms with van der Waals surface area (Å²) in [5.74, 6) is -0.147. The van der Waals surface area contributed by atoms with E-state index in [4.69, 9.17) is 0 Å². The molecule has 0 spiro atoms. The van der Waals surface area contributed by atoms with E-state index in [1.807, 2.05) is 17.0 Å².